The summed E-state index contributed by atoms with van der Waals surface area (Å²) in [6.07, 6.45) is 1.55. The Kier molecular flexibility index (Phi) is 3.21. The molecule has 1 N–H and O–H groups in total. The maximum absolute atomic E-state index is 12.0. The van der Waals surface area contributed by atoms with Crippen molar-refractivity contribution in [2.75, 3.05) is 26.2 Å². The average molecular weight is 243 g/mol. The topological polar surface area (TPSA) is 45.5 Å². The predicted molar refractivity (Wildman–Crippen MR) is 61.7 cm³/mol. The summed E-state index contributed by atoms with van der Waals surface area (Å²) < 4.78 is 5.12. The molecule has 0 bridgehead atoms. The number of carbonyl (C=O) groups excluding carboxylic acids is 1. The largest absolute Gasteiger partial charge is 0.459 e. The Morgan fingerprint density at radius 1 is 1.38 bits per heavy atom. The third-order valence-corrected chi connectivity index (χ3v) is 3.41. The normalized spacial score (nSPS) is 27.6. The van der Waals surface area contributed by atoms with Gasteiger partial charge in [-0.25, -0.2) is 0 Å². The second-order valence-electron chi connectivity index (χ2n) is 4.37. The smallest absolute Gasteiger partial charge is 0.289 e. The van der Waals surface area contributed by atoms with Gasteiger partial charge in [-0.1, -0.05) is 0 Å². The number of hydrogen-bond acceptors (Lipinski definition) is 3. The minimum atomic E-state index is 0. The van der Waals surface area contributed by atoms with Crippen LogP contribution in [0.25, 0.3) is 0 Å². The number of carbonyl (C=O) groups is 1. The number of halogens is 1. The SMILES string of the molecule is Cl.O=C(c1ccco1)N1CC2CNCC2C1. The molecule has 88 valence electrons. The Balaban J connectivity index is 0.000000963. The molecule has 0 spiro atoms. The van der Waals surface area contributed by atoms with E-state index < -0.39 is 0 Å². The summed E-state index contributed by atoms with van der Waals surface area (Å²) in [5, 5.41) is 3.36. The fraction of sp³-hybridized carbons (Fsp3) is 0.545. The average Bonchev–Trinajstić information content (AvgIpc) is 2.92. The molecule has 16 heavy (non-hydrogen) atoms. The quantitative estimate of drug-likeness (QED) is 0.799. The maximum atomic E-state index is 12.0. The highest BCUT2D eigenvalue weighted by molar-refractivity contribution is 5.91. The molecule has 5 heteroatoms. The fourth-order valence-electron chi connectivity index (χ4n) is 2.58. The molecule has 3 rings (SSSR count). The zero-order chi connectivity index (χ0) is 10.3. The Labute approximate surface area is 100 Å². The monoisotopic (exact) mass is 242 g/mol. The van der Waals surface area contributed by atoms with Crippen LogP contribution in [-0.2, 0) is 0 Å². The van der Waals surface area contributed by atoms with Crippen LogP contribution >= 0.6 is 12.4 Å². The number of furan rings is 1. The first-order valence-electron chi connectivity index (χ1n) is 5.38. The molecule has 2 aliphatic rings. The molecule has 0 saturated carbocycles. The lowest BCUT2D eigenvalue weighted by molar-refractivity contribution is 0.0750. The van der Waals surface area contributed by atoms with Crippen molar-refractivity contribution in [1.29, 1.82) is 0 Å². The minimum Gasteiger partial charge on any atom is -0.459 e. The molecular formula is C11H15ClN2O2. The van der Waals surface area contributed by atoms with Crippen molar-refractivity contribution in [2.45, 2.75) is 0 Å². The molecule has 2 fully saturated rings. The summed E-state index contributed by atoms with van der Waals surface area (Å²) in [4.78, 5) is 13.9. The van der Waals surface area contributed by atoms with E-state index in [9.17, 15) is 4.79 Å². The molecule has 1 aromatic heterocycles. The van der Waals surface area contributed by atoms with E-state index >= 15 is 0 Å². The predicted octanol–water partition coefficient (Wildman–Crippen LogP) is 0.993. The van der Waals surface area contributed by atoms with Gasteiger partial charge in [-0.15, -0.1) is 12.4 Å². The van der Waals surface area contributed by atoms with E-state index in [0.717, 1.165) is 26.2 Å². The summed E-state index contributed by atoms with van der Waals surface area (Å²) in [5.74, 6) is 1.78. The molecule has 2 unspecified atom stereocenters. The molecule has 1 aromatic rings. The molecule has 0 radical (unpaired) electrons. The van der Waals surface area contributed by atoms with Crippen LogP contribution in [0.2, 0.25) is 0 Å². The van der Waals surface area contributed by atoms with Gasteiger partial charge in [0, 0.05) is 26.2 Å². The summed E-state index contributed by atoms with van der Waals surface area (Å²) in [6.45, 7) is 3.84. The van der Waals surface area contributed by atoms with Crippen molar-refractivity contribution in [3.63, 3.8) is 0 Å². The Morgan fingerprint density at radius 3 is 2.62 bits per heavy atom. The van der Waals surface area contributed by atoms with Crippen LogP contribution in [0.3, 0.4) is 0 Å². The fourth-order valence-corrected chi connectivity index (χ4v) is 2.58. The van der Waals surface area contributed by atoms with Crippen LogP contribution in [0.1, 0.15) is 10.6 Å². The second-order valence-corrected chi connectivity index (χ2v) is 4.37. The van der Waals surface area contributed by atoms with Crippen LogP contribution in [0, 0.1) is 11.8 Å². The van der Waals surface area contributed by atoms with Crippen molar-refractivity contribution in [3.8, 4) is 0 Å². The van der Waals surface area contributed by atoms with Gasteiger partial charge in [-0.3, -0.25) is 4.79 Å². The van der Waals surface area contributed by atoms with Crippen LogP contribution in [0.4, 0.5) is 0 Å². The van der Waals surface area contributed by atoms with E-state index in [0.29, 0.717) is 17.6 Å². The molecule has 3 heterocycles. The van der Waals surface area contributed by atoms with E-state index in [2.05, 4.69) is 5.32 Å². The first-order chi connectivity index (χ1) is 7.34. The van der Waals surface area contributed by atoms with Gasteiger partial charge >= 0.3 is 0 Å². The van der Waals surface area contributed by atoms with Crippen molar-refractivity contribution < 1.29 is 9.21 Å². The van der Waals surface area contributed by atoms with Gasteiger partial charge in [0.25, 0.3) is 5.91 Å². The number of amides is 1. The number of nitrogens with zero attached hydrogens (tertiary/aromatic N) is 1. The zero-order valence-electron chi connectivity index (χ0n) is 8.89. The zero-order valence-corrected chi connectivity index (χ0v) is 9.70. The number of fused-ring (bicyclic) bond motifs is 1. The number of nitrogens with one attached hydrogen (secondary N) is 1. The van der Waals surface area contributed by atoms with Crippen LogP contribution in [0.15, 0.2) is 22.8 Å². The van der Waals surface area contributed by atoms with E-state index in [1.807, 2.05) is 4.90 Å². The van der Waals surface area contributed by atoms with Gasteiger partial charge in [-0.05, 0) is 24.0 Å². The van der Waals surface area contributed by atoms with Gasteiger partial charge in [0.2, 0.25) is 0 Å². The molecule has 2 saturated heterocycles. The summed E-state index contributed by atoms with van der Waals surface area (Å²) in [7, 11) is 0. The van der Waals surface area contributed by atoms with Crippen molar-refractivity contribution in [2.24, 2.45) is 11.8 Å². The van der Waals surface area contributed by atoms with E-state index in [1.54, 1.807) is 18.4 Å². The minimum absolute atomic E-state index is 0. The van der Waals surface area contributed by atoms with Crippen molar-refractivity contribution >= 4 is 18.3 Å². The number of hydrogen-bond donors (Lipinski definition) is 1. The molecular weight excluding hydrogens is 228 g/mol. The van der Waals surface area contributed by atoms with Crippen molar-refractivity contribution in [1.82, 2.24) is 10.2 Å². The summed E-state index contributed by atoms with van der Waals surface area (Å²) in [5.41, 5.74) is 0. The van der Waals surface area contributed by atoms with Gasteiger partial charge in [0.15, 0.2) is 5.76 Å². The summed E-state index contributed by atoms with van der Waals surface area (Å²) >= 11 is 0. The Hall–Kier alpha value is -1.00. The molecule has 4 nitrogen and oxygen atoms in total. The first kappa shape index (κ1) is 11.5. The number of likely N-dealkylation sites (tertiary alicyclic amines) is 1. The molecule has 2 atom stereocenters. The molecule has 0 aromatic carbocycles. The van der Waals surface area contributed by atoms with Gasteiger partial charge in [-0.2, -0.15) is 0 Å². The first-order valence-corrected chi connectivity index (χ1v) is 5.38. The molecule has 2 aliphatic heterocycles. The van der Waals surface area contributed by atoms with E-state index in [4.69, 9.17) is 4.42 Å². The third-order valence-electron chi connectivity index (χ3n) is 3.41. The van der Waals surface area contributed by atoms with Gasteiger partial charge in [0.1, 0.15) is 0 Å². The Bertz CT molecular complexity index is 354. The summed E-state index contributed by atoms with van der Waals surface area (Å²) in [6, 6.07) is 3.49. The van der Waals surface area contributed by atoms with Gasteiger partial charge < -0.3 is 14.6 Å². The highest BCUT2D eigenvalue weighted by atomic mass is 35.5. The lowest BCUT2D eigenvalue weighted by atomic mass is 10.0. The lowest BCUT2D eigenvalue weighted by Gasteiger charge is -2.15. The van der Waals surface area contributed by atoms with Crippen LogP contribution in [-0.4, -0.2) is 37.0 Å². The van der Waals surface area contributed by atoms with Gasteiger partial charge in [0.05, 0.1) is 6.26 Å². The second kappa shape index (κ2) is 4.47. The standard InChI is InChI=1S/C11H14N2O2.ClH/c14-11(10-2-1-3-15-10)13-6-8-4-12-5-9(8)7-13;/h1-3,8-9,12H,4-7H2;1H. The molecule has 0 aliphatic carbocycles. The highest BCUT2D eigenvalue weighted by Gasteiger charge is 2.38. The van der Waals surface area contributed by atoms with Crippen molar-refractivity contribution in [3.05, 3.63) is 24.2 Å². The lowest BCUT2D eigenvalue weighted by Crippen LogP contribution is -2.31. The third kappa shape index (κ3) is 1.83. The molecule has 1 amide bonds. The van der Waals surface area contributed by atoms with Crippen LogP contribution < -0.4 is 5.32 Å². The van der Waals surface area contributed by atoms with E-state index in [-0.39, 0.29) is 18.3 Å². The van der Waals surface area contributed by atoms with E-state index in [1.165, 1.54) is 0 Å². The Morgan fingerprint density at radius 2 is 2.06 bits per heavy atom. The van der Waals surface area contributed by atoms with Crippen LogP contribution in [0.5, 0.6) is 0 Å². The number of rotatable bonds is 1. The highest BCUT2D eigenvalue weighted by Crippen LogP contribution is 2.27. The maximum Gasteiger partial charge on any atom is 0.289 e.